The first-order chi connectivity index (χ1) is 18.2. The Morgan fingerprint density at radius 2 is 1.69 bits per heavy atom. The Labute approximate surface area is 243 Å². The van der Waals surface area contributed by atoms with Gasteiger partial charge in [-0.1, -0.05) is 31.6 Å². The van der Waals surface area contributed by atoms with E-state index in [0.29, 0.717) is 22.0 Å². The second-order valence-corrected chi connectivity index (χ2v) is 11.7. The number of carbonyl (C=O) groups excluding carboxylic acids is 4. The molecule has 39 heavy (non-hydrogen) atoms. The van der Waals surface area contributed by atoms with Crippen LogP contribution in [0.4, 0.5) is 0 Å². The molecule has 0 aliphatic carbocycles. The van der Waals surface area contributed by atoms with Gasteiger partial charge in [0.05, 0.1) is 15.8 Å². The van der Waals surface area contributed by atoms with Crippen LogP contribution in [-0.4, -0.2) is 64.2 Å². The molecular weight excluding hydrogens is 617 g/mol. The molecule has 1 aliphatic rings. The van der Waals surface area contributed by atoms with Crippen molar-refractivity contribution in [2.24, 2.45) is 11.8 Å². The molecule has 2 rings (SSSR count). The van der Waals surface area contributed by atoms with E-state index < -0.39 is 48.1 Å². The number of ether oxygens (including phenoxy) is 1. The van der Waals surface area contributed by atoms with Crippen molar-refractivity contribution < 1.29 is 34.1 Å². The number of hydrogen-bond donors (Lipinski definition) is 5. The lowest BCUT2D eigenvalue weighted by Gasteiger charge is -2.27. The van der Waals surface area contributed by atoms with E-state index in [0.717, 1.165) is 5.57 Å². The van der Waals surface area contributed by atoms with Crippen molar-refractivity contribution in [3.8, 4) is 5.75 Å². The van der Waals surface area contributed by atoms with Gasteiger partial charge in [0.1, 0.15) is 17.8 Å². The van der Waals surface area contributed by atoms with Crippen molar-refractivity contribution in [1.29, 1.82) is 0 Å². The zero-order chi connectivity index (χ0) is 29.4. The van der Waals surface area contributed by atoms with Crippen molar-refractivity contribution in [2.75, 3.05) is 0 Å². The molecule has 0 spiro atoms. The van der Waals surface area contributed by atoms with Crippen molar-refractivity contribution in [3.63, 3.8) is 0 Å². The third kappa shape index (κ3) is 10.1. The summed E-state index contributed by atoms with van der Waals surface area (Å²) in [4.78, 5) is 52.2. The van der Waals surface area contributed by atoms with Crippen LogP contribution in [0, 0.1) is 15.4 Å². The molecule has 3 amide bonds. The molecule has 11 heteroatoms. The van der Waals surface area contributed by atoms with Gasteiger partial charge in [-0.25, -0.2) is 4.79 Å². The molecule has 1 heterocycles. The van der Waals surface area contributed by atoms with E-state index in [1.54, 1.807) is 26.0 Å². The maximum atomic E-state index is 13.4. The van der Waals surface area contributed by atoms with Crippen LogP contribution in [0.15, 0.2) is 29.8 Å². The molecule has 5 N–H and O–H groups in total. The Hall–Kier alpha value is -2.67. The first-order valence-corrected chi connectivity index (χ1v) is 14.2. The number of allylic oxidation sites excluding steroid dienone is 2. The summed E-state index contributed by atoms with van der Waals surface area (Å²) >= 11 is 1.95. The van der Waals surface area contributed by atoms with Crippen molar-refractivity contribution in [2.45, 2.75) is 91.1 Å². The van der Waals surface area contributed by atoms with E-state index in [4.69, 9.17) is 4.74 Å². The minimum atomic E-state index is -1.36. The number of hydrogen-bond acceptors (Lipinski definition) is 7. The highest BCUT2D eigenvalue weighted by Gasteiger charge is 2.33. The molecule has 0 unspecified atom stereocenters. The molecular formula is C28H40IN3O7. The molecule has 0 saturated carbocycles. The second-order valence-electron chi connectivity index (χ2n) is 10.6. The third-order valence-electron chi connectivity index (χ3n) is 6.54. The average molecular weight is 658 g/mol. The van der Waals surface area contributed by atoms with Crippen molar-refractivity contribution >= 4 is 46.3 Å². The van der Waals surface area contributed by atoms with E-state index in [2.05, 4.69) is 16.0 Å². The summed E-state index contributed by atoms with van der Waals surface area (Å²) in [5.41, 5.74) is 1.64. The summed E-state index contributed by atoms with van der Waals surface area (Å²) in [7, 11) is 0. The fourth-order valence-electron chi connectivity index (χ4n) is 4.51. The number of benzene rings is 1. The fourth-order valence-corrected chi connectivity index (χ4v) is 5.09. The standard InChI is InChI=1S/C28H40IN3O7/c1-14-9-15(2)11-17(4)39-28(38)24(19(6)33)32-27(37)22(13-20-7-8-23(34)21(29)12-20)31-26(36)18(5)30-25(35)16(3)10-14/h7-9,12,15-19,22,24,33-34H,10-11,13H2,1-6H3,(H,30,35)(H,31,36)(H,32,37)/b14-9+/t15-,16-,17-,18-,19+,22+,24-/m0/s1. The normalized spacial score (nSPS) is 30.4. The van der Waals surface area contributed by atoms with Crippen LogP contribution in [0.5, 0.6) is 5.75 Å². The van der Waals surface area contributed by atoms with E-state index in [-0.39, 0.29) is 29.9 Å². The van der Waals surface area contributed by atoms with Crippen LogP contribution >= 0.6 is 22.6 Å². The monoisotopic (exact) mass is 657 g/mol. The van der Waals surface area contributed by atoms with Gasteiger partial charge in [-0.15, -0.1) is 0 Å². The predicted octanol–water partition coefficient (Wildman–Crippen LogP) is 2.34. The second kappa shape index (κ2) is 14.6. The maximum absolute atomic E-state index is 13.4. The van der Waals surface area contributed by atoms with Gasteiger partial charge in [0.25, 0.3) is 0 Å². The van der Waals surface area contributed by atoms with Gasteiger partial charge >= 0.3 is 5.97 Å². The van der Waals surface area contributed by atoms with Crippen LogP contribution in [-0.2, 0) is 30.3 Å². The van der Waals surface area contributed by atoms with Crippen LogP contribution in [0.3, 0.4) is 0 Å². The summed E-state index contributed by atoms with van der Waals surface area (Å²) in [6, 6.07) is 1.34. The molecule has 216 valence electrons. The highest BCUT2D eigenvalue weighted by atomic mass is 127. The number of aliphatic hydroxyl groups is 1. The number of esters is 1. The summed E-state index contributed by atoms with van der Waals surface area (Å²) in [6.45, 7) is 10.3. The number of rotatable bonds is 3. The van der Waals surface area contributed by atoms with E-state index >= 15 is 0 Å². The van der Waals surface area contributed by atoms with Crippen LogP contribution in [0.1, 0.15) is 59.9 Å². The molecule has 1 aromatic rings. The SMILES string of the molecule is C/C1=C\[C@H](C)C[C@H](C)OC(=O)[C@H]([C@@H](C)O)NC(=O)[C@@H](Cc2ccc(O)c(I)c2)NC(=O)[C@H](C)NC(=O)[C@@H](C)C1. The Morgan fingerprint density at radius 3 is 2.31 bits per heavy atom. The number of aromatic hydroxyl groups is 1. The summed E-state index contributed by atoms with van der Waals surface area (Å²) in [6.07, 6.45) is 1.31. The Bertz CT molecular complexity index is 1090. The molecule has 0 bridgehead atoms. The predicted molar refractivity (Wildman–Crippen MR) is 155 cm³/mol. The minimum Gasteiger partial charge on any atom is -0.507 e. The number of phenols is 1. The number of carbonyl (C=O) groups is 4. The lowest BCUT2D eigenvalue weighted by molar-refractivity contribution is -0.156. The minimum absolute atomic E-state index is 0.0322. The van der Waals surface area contributed by atoms with E-state index in [1.807, 2.05) is 42.5 Å². The lowest BCUT2D eigenvalue weighted by Crippen LogP contribution is -2.58. The quantitative estimate of drug-likeness (QED) is 0.190. The van der Waals surface area contributed by atoms with Crippen LogP contribution < -0.4 is 16.0 Å². The highest BCUT2D eigenvalue weighted by Crippen LogP contribution is 2.22. The number of amides is 3. The van der Waals surface area contributed by atoms with Gasteiger partial charge in [-0.3, -0.25) is 14.4 Å². The average Bonchev–Trinajstić information content (AvgIpc) is 2.82. The molecule has 10 nitrogen and oxygen atoms in total. The molecule has 0 radical (unpaired) electrons. The molecule has 7 atom stereocenters. The lowest BCUT2D eigenvalue weighted by atomic mass is 9.95. The van der Waals surface area contributed by atoms with Gasteiger partial charge in [0.15, 0.2) is 6.04 Å². The molecule has 0 fully saturated rings. The number of cyclic esters (lactones) is 1. The highest BCUT2D eigenvalue weighted by molar-refractivity contribution is 14.1. The molecule has 0 saturated heterocycles. The largest absolute Gasteiger partial charge is 0.507 e. The summed E-state index contributed by atoms with van der Waals surface area (Å²) < 4.78 is 6.12. The van der Waals surface area contributed by atoms with Gasteiger partial charge < -0.3 is 30.9 Å². The Balaban J connectivity index is 2.41. The Morgan fingerprint density at radius 1 is 1.03 bits per heavy atom. The number of nitrogens with one attached hydrogen (secondary N) is 3. The molecule has 1 aliphatic heterocycles. The molecule has 1 aromatic carbocycles. The topological polar surface area (TPSA) is 154 Å². The van der Waals surface area contributed by atoms with Crippen LogP contribution in [0.2, 0.25) is 0 Å². The Kier molecular flexibility index (Phi) is 12.2. The first kappa shape index (κ1) is 32.5. The van der Waals surface area contributed by atoms with Crippen molar-refractivity contribution in [3.05, 3.63) is 39.0 Å². The summed E-state index contributed by atoms with van der Waals surface area (Å²) in [5, 5.41) is 28.1. The van der Waals surface area contributed by atoms with Gasteiger partial charge in [-0.05, 0) is 86.7 Å². The number of halogens is 1. The van der Waals surface area contributed by atoms with Gasteiger partial charge in [-0.2, -0.15) is 0 Å². The first-order valence-electron chi connectivity index (χ1n) is 13.1. The fraction of sp³-hybridized carbons (Fsp3) is 0.571. The van der Waals surface area contributed by atoms with Crippen LogP contribution in [0.25, 0.3) is 0 Å². The van der Waals surface area contributed by atoms with Crippen molar-refractivity contribution in [1.82, 2.24) is 16.0 Å². The number of phenolic OH excluding ortho intramolecular Hbond substituents is 1. The van der Waals surface area contributed by atoms with Gasteiger partial charge in [0.2, 0.25) is 17.7 Å². The zero-order valence-corrected chi connectivity index (χ0v) is 25.4. The third-order valence-corrected chi connectivity index (χ3v) is 7.40. The van der Waals surface area contributed by atoms with E-state index in [1.165, 1.54) is 19.9 Å². The smallest absolute Gasteiger partial charge is 0.331 e. The number of aliphatic hydroxyl groups excluding tert-OH is 1. The van der Waals surface area contributed by atoms with E-state index in [9.17, 15) is 29.4 Å². The zero-order valence-electron chi connectivity index (χ0n) is 23.3. The summed E-state index contributed by atoms with van der Waals surface area (Å²) in [5.74, 6) is -2.62. The maximum Gasteiger partial charge on any atom is 0.331 e. The van der Waals surface area contributed by atoms with Gasteiger partial charge in [0, 0.05) is 12.3 Å². The molecule has 0 aromatic heterocycles.